The first-order valence-electron chi connectivity index (χ1n) is 12.2. The summed E-state index contributed by atoms with van der Waals surface area (Å²) in [6.45, 7) is 1.77. The lowest BCUT2D eigenvalue weighted by Gasteiger charge is -2.57. The molecule has 4 aliphatic carbocycles. The van der Waals surface area contributed by atoms with Crippen molar-refractivity contribution in [2.75, 3.05) is 13.9 Å². The number of methoxy groups -OCH3 is 1. The van der Waals surface area contributed by atoms with Crippen molar-refractivity contribution in [2.24, 2.45) is 17.8 Å². The number of carboxylic acid groups (broad SMARTS) is 1. The molecule has 0 aliphatic heterocycles. The molecule has 1 N–H and O–H groups in total. The van der Waals surface area contributed by atoms with E-state index in [9.17, 15) is 9.90 Å². The third-order valence-electron chi connectivity index (χ3n) is 7.94. The van der Waals surface area contributed by atoms with Gasteiger partial charge in [-0.05, 0) is 86.8 Å². The predicted octanol–water partition coefficient (Wildman–Crippen LogP) is 5.60. The smallest absolute Gasteiger partial charge is 0.337 e. The molecule has 4 aliphatic rings. The van der Waals surface area contributed by atoms with Crippen molar-refractivity contribution in [3.8, 4) is 17.6 Å². The lowest BCUT2D eigenvalue weighted by Crippen LogP contribution is -2.48. The van der Waals surface area contributed by atoms with E-state index in [0.717, 1.165) is 48.1 Å². The third kappa shape index (κ3) is 4.45. The van der Waals surface area contributed by atoms with Crippen molar-refractivity contribution >= 4 is 5.97 Å². The highest BCUT2D eigenvalue weighted by Crippen LogP contribution is 2.62. The Bertz CT molecular complexity index is 1080. The molecule has 34 heavy (non-hydrogen) atoms. The minimum Gasteiger partial charge on any atom is -0.478 e. The molecule has 6 rings (SSSR count). The lowest BCUT2D eigenvalue weighted by atomic mass is 9.48. The topological polar surface area (TPSA) is 65.0 Å². The van der Waals surface area contributed by atoms with Gasteiger partial charge < -0.3 is 19.3 Å². The fourth-order valence-corrected chi connectivity index (χ4v) is 6.81. The number of hydrogen-bond donors (Lipinski definition) is 1. The quantitative estimate of drug-likeness (QED) is 0.431. The molecule has 1 unspecified atom stereocenters. The number of hydrogen-bond acceptors (Lipinski definition) is 4. The Balaban J connectivity index is 1.61. The van der Waals surface area contributed by atoms with E-state index in [2.05, 4.69) is 11.8 Å². The highest BCUT2D eigenvalue weighted by Gasteiger charge is 2.52. The van der Waals surface area contributed by atoms with E-state index in [1.54, 1.807) is 20.1 Å². The number of rotatable bonds is 7. The van der Waals surface area contributed by atoms with Crippen molar-refractivity contribution in [3.05, 3.63) is 64.7 Å². The maximum absolute atomic E-state index is 12.2. The zero-order valence-corrected chi connectivity index (χ0v) is 19.9. The zero-order chi connectivity index (χ0) is 23.7. The lowest BCUT2D eigenvalue weighted by molar-refractivity contribution is -0.150. The van der Waals surface area contributed by atoms with Crippen LogP contribution in [0.4, 0.5) is 0 Å². The van der Waals surface area contributed by atoms with Crippen LogP contribution in [0, 0.1) is 29.6 Å². The van der Waals surface area contributed by atoms with E-state index < -0.39 is 12.3 Å². The molecule has 5 nitrogen and oxygen atoms in total. The van der Waals surface area contributed by atoms with E-state index in [1.165, 1.54) is 19.3 Å². The first kappa shape index (κ1) is 23.0. The highest BCUT2D eigenvalue weighted by atomic mass is 16.7. The van der Waals surface area contributed by atoms with Crippen molar-refractivity contribution in [1.29, 1.82) is 0 Å². The van der Waals surface area contributed by atoms with Gasteiger partial charge in [-0.2, -0.15) is 0 Å². The van der Waals surface area contributed by atoms with Gasteiger partial charge in [0.05, 0.1) is 11.1 Å². The first-order valence-corrected chi connectivity index (χ1v) is 12.2. The number of carbonyl (C=O) groups is 1. The molecule has 2 aromatic carbocycles. The molecule has 0 aromatic heterocycles. The van der Waals surface area contributed by atoms with Gasteiger partial charge in [0.15, 0.2) is 13.1 Å². The van der Waals surface area contributed by atoms with Gasteiger partial charge in [-0.25, -0.2) is 4.79 Å². The van der Waals surface area contributed by atoms with Crippen LogP contribution < -0.4 is 4.74 Å². The fourth-order valence-electron chi connectivity index (χ4n) is 6.81. The average molecular weight is 461 g/mol. The molecule has 178 valence electrons. The molecule has 2 aromatic rings. The van der Waals surface area contributed by atoms with Gasteiger partial charge in [-0.15, -0.1) is 0 Å². The largest absolute Gasteiger partial charge is 0.478 e. The van der Waals surface area contributed by atoms with Crippen molar-refractivity contribution in [3.63, 3.8) is 0 Å². The first-order chi connectivity index (χ1) is 16.5. The second-order valence-corrected chi connectivity index (χ2v) is 10.2. The molecule has 0 amide bonds. The normalized spacial score (nSPS) is 27.6. The minimum absolute atomic E-state index is 0.0250. The zero-order valence-electron chi connectivity index (χ0n) is 19.9. The van der Waals surface area contributed by atoms with E-state index in [1.807, 2.05) is 36.4 Å². The summed E-state index contributed by atoms with van der Waals surface area (Å²) in [5.74, 6) is 8.12. The van der Waals surface area contributed by atoms with Crippen molar-refractivity contribution < 1.29 is 24.1 Å². The summed E-state index contributed by atoms with van der Waals surface area (Å²) in [7, 11) is 1.58. The molecule has 4 fully saturated rings. The number of carboxylic acids is 1. The molecule has 4 bridgehead atoms. The molecular weight excluding hydrogens is 428 g/mol. The fraction of sp³-hybridized carbons (Fsp3) is 0.483. The van der Waals surface area contributed by atoms with Crippen LogP contribution in [-0.2, 0) is 14.9 Å². The number of aromatic carboxylic acids is 1. The standard InChI is InChI=1S/C29H32O5/c1-19(32-2)33-18-34-27-24(9-8-20-6-4-3-5-7-20)25(28(30)31)10-11-26(27)29-15-21-12-22(16-29)14-23(13-21)17-29/h3-7,10-11,19,21-23H,12-18H2,1-2H3,(H,30,31). The van der Waals surface area contributed by atoms with E-state index in [0.29, 0.717) is 11.3 Å². The van der Waals surface area contributed by atoms with Crippen LogP contribution in [0.1, 0.15) is 72.5 Å². The maximum atomic E-state index is 12.2. The van der Waals surface area contributed by atoms with E-state index in [-0.39, 0.29) is 17.8 Å². The average Bonchev–Trinajstić information content (AvgIpc) is 2.82. The summed E-state index contributed by atoms with van der Waals surface area (Å²) in [5, 5.41) is 9.99. The number of benzene rings is 2. The molecule has 4 saturated carbocycles. The van der Waals surface area contributed by atoms with Gasteiger partial charge >= 0.3 is 5.97 Å². The van der Waals surface area contributed by atoms with Gasteiger partial charge in [0.25, 0.3) is 0 Å². The van der Waals surface area contributed by atoms with Crippen LogP contribution in [0.25, 0.3) is 0 Å². The molecule has 1 atom stereocenters. The summed E-state index contributed by atoms with van der Waals surface area (Å²) in [5.41, 5.74) is 2.54. The summed E-state index contributed by atoms with van der Waals surface area (Å²) in [6.07, 6.45) is 6.99. The molecule has 5 heteroatoms. The minimum atomic E-state index is -1.01. The summed E-state index contributed by atoms with van der Waals surface area (Å²) in [6, 6.07) is 13.3. The molecular formula is C29H32O5. The van der Waals surface area contributed by atoms with E-state index >= 15 is 0 Å². The van der Waals surface area contributed by atoms with Crippen molar-refractivity contribution in [2.45, 2.75) is 57.2 Å². The van der Waals surface area contributed by atoms with Crippen LogP contribution in [0.15, 0.2) is 42.5 Å². The third-order valence-corrected chi connectivity index (χ3v) is 7.94. The Morgan fingerprint density at radius 3 is 2.26 bits per heavy atom. The van der Waals surface area contributed by atoms with Gasteiger partial charge in [0.2, 0.25) is 0 Å². The summed E-state index contributed by atoms with van der Waals surface area (Å²) >= 11 is 0. The summed E-state index contributed by atoms with van der Waals surface area (Å²) < 4.78 is 17.1. The molecule has 0 saturated heterocycles. The van der Waals surface area contributed by atoms with Crippen LogP contribution in [0.3, 0.4) is 0 Å². The summed E-state index contributed by atoms with van der Waals surface area (Å²) in [4.78, 5) is 12.2. The Labute approximate surface area is 201 Å². The second kappa shape index (κ2) is 9.44. The highest BCUT2D eigenvalue weighted by molar-refractivity contribution is 5.92. The van der Waals surface area contributed by atoms with Crippen LogP contribution in [0.5, 0.6) is 5.75 Å². The Hall–Kier alpha value is -2.81. The van der Waals surface area contributed by atoms with E-state index in [4.69, 9.17) is 14.2 Å². The Morgan fingerprint density at radius 2 is 1.68 bits per heavy atom. The van der Waals surface area contributed by atoms with Gasteiger partial charge in [-0.1, -0.05) is 36.1 Å². The van der Waals surface area contributed by atoms with Gasteiger partial charge in [0, 0.05) is 18.2 Å². The monoisotopic (exact) mass is 460 g/mol. The van der Waals surface area contributed by atoms with Gasteiger partial charge in [-0.3, -0.25) is 0 Å². The van der Waals surface area contributed by atoms with Crippen molar-refractivity contribution in [1.82, 2.24) is 0 Å². The van der Waals surface area contributed by atoms with Crippen LogP contribution in [-0.4, -0.2) is 31.3 Å². The predicted molar refractivity (Wildman–Crippen MR) is 129 cm³/mol. The van der Waals surface area contributed by atoms with Gasteiger partial charge in [0.1, 0.15) is 5.75 Å². The SMILES string of the molecule is COC(C)OCOc1c(C23CC4CC(CC(C4)C2)C3)ccc(C(=O)O)c1C#Cc1ccccc1. The Kier molecular flexibility index (Phi) is 6.38. The molecule has 0 spiro atoms. The Morgan fingerprint density at radius 1 is 1.03 bits per heavy atom. The van der Waals surface area contributed by atoms with Crippen LogP contribution in [0.2, 0.25) is 0 Å². The second-order valence-electron chi connectivity index (χ2n) is 10.2. The maximum Gasteiger partial charge on any atom is 0.337 e. The molecule has 0 radical (unpaired) electrons. The molecule has 0 heterocycles. The number of ether oxygens (including phenoxy) is 3. The van der Waals surface area contributed by atoms with Crippen LogP contribution >= 0.6 is 0 Å².